The summed E-state index contributed by atoms with van der Waals surface area (Å²) in [5.74, 6) is 13.5. The van der Waals surface area contributed by atoms with Crippen molar-refractivity contribution in [3.63, 3.8) is 0 Å². The maximum Gasteiger partial charge on any atom is 0.178 e. The van der Waals surface area contributed by atoms with Gasteiger partial charge in [-0.05, 0) is 60.4 Å². The zero-order valence-electron chi connectivity index (χ0n) is 27.7. The van der Waals surface area contributed by atoms with Gasteiger partial charge in [0.25, 0.3) is 0 Å². The van der Waals surface area contributed by atoms with E-state index in [1.54, 1.807) is 0 Å². The van der Waals surface area contributed by atoms with Crippen LogP contribution < -0.4 is 0 Å². The normalized spacial score (nSPS) is 22.1. The van der Waals surface area contributed by atoms with Gasteiger partial charge in [-0.15, -0.1) is 0 Å². The summed E-state index contributed by atoms with van der Waals surface area (Å²) in [4.78, 5) is 0. The molecule has 7 rings (SSSR count). The third kappa shape index (κ3) is 5.23. The molecular formula is C45H39NO2. The van der Waals surface area contributed by atoms with E-state index in [0.717, 1.165) is 67.9 Å². The summed E-state index contributed by atoms with van der Waals surface area (Å²) in [7, 11) is 2.02. The second-order valence-electron chi connectivity index (χ2n) is 13.1. The number of rotatable bonds is 2. The summed E-state index contributed by atoms with van der Waals surface area (Å²) in [6.07, 6.45) is 18.9. The first-order valence-corrected chi connectivity index (χ1v) is 16.6. The van der Waals surface area contributed by atoms with Crippen LogP contribution in [-0.4, -0.2) is 14.8 Å². The lowest BCUT2D eigenvalue weighted by Gasteiger charge is -2.27. The molecule has 0 bridgehead atoms. The first kappa shape index (κ1) is 31.3. The van der Waals surface area contributed by atoms with Crippen molar-refractivity contribution in [2.75, 3.05) is 0 Å². The van der Waals surface area contributed by atoms with Crippen LogP contribution in [0.2, 0.25) is 0 Å². The number of hydrogen-bond acceptors (Lipinski definition) is 2. The van der Waals surface area contributed by atoms with Crippen molar-refractivity contribution in [3.05, 3.63) is 155 Å². The Morgan fingerprint density at radius 2 is 1.44 bits per heavy atom. The van der Waals surface area contributed by atoms with Crippen LogP contribution in [0.1, 0.15) is 77.9 Å². The van der Waals surface area contributed by atoms with Gasteiger partial charge in [0, 0.05) is 40.6 Å². The predicted molar refractivity (Wildman–Crippen MR) is 198 cm³/mol. The molecule has 0 fully saturated rings. The highest BCUT2D eigenvalue weighted by Gasteiger charge is 2.40. The lowest BCUT2D eigenvalue weighted by molar-refractivity contribution is 0.0906. The lowest BCUT2D eigenvalue weighted by atomic mass is 9.81. The predicted octanol–water partition coefficient (Wildman–Crippen LogP) is 9.02. The zero-order chi connectivity index (χ0) is 33.5. The number of benzene rings is 3. The van der Waals surface area contributed by atoms with Crippen molar-refractivity contribution in [2.24, 2.45) is 12.5 Å². The molecule has 0 spiro atoms. The van der Waals surface area contributed by atoms with Crippen molar-refractivity contribution in [1.29, 1.82) is 0 Å². The van der Waals surface area contributed by atoms with Crippen LogP contribution in [0.4, 0.5) is 0 Å². The van der Waals surface area contributed by atoms with E-state index < -0.39 is 16.6 Å². The number of fused-ring (bicyclic) bond motifs is 5. The highest BCUT2D eigenvalue weighted by molar-refractivity contribution is 5.83. The molecule has 3 nitrogen and oxygen atoms in total. The second-order valence-corrected chi connectivity index (χ2v) is 13.1. The molecule has 3 heteroatoms. The van der Waals surface area contributed by atoms with Crippen LogP contribution in [0.5, 0.6) is 0 Å². The Labute approximate surface area is 284 Å². The van der Waals surface area contributed by atoms with E-state index in [1.165, 1.54) is 0 Å². The van der Waals surface area contributed by atoms with E-state index in [1.807, 2.05) is 85.9 Å². The van der Waals surface area contributed by atoms with Gasteiger partial charge in [0.1, 0.15) is 5.69 Å². The standard InChI is InChI=1S/C45H39NO2/c1-5-6-16-36-37-23-27-43(3,30-31-44(47)26-14-13-15-32(2)33-17-7-10-20-38(33)44)28-24-41(37)46(4)42(36)25-29-45(48)39-21-11-8-18-34(39)35-19-9-12-22-40(35)45/h6-13,15-24,27-28,47-48H,2,5,14,26H2,1,3-4H3/b15-13-,16-6-/t43?,44-/m0/s1. The molecule has 1 heterocycles. The Kier molecular flexibility index (Phi) is 7.85. The molecule has 3 aliphatic carbocycles. The molecule has 2 atom stereocenters. The molecule has 4 aromatic rings. The quantitative estimate of drug-likeness (QED) is 0.218. The van der Waals surface area contributed by atoms with Crippen molar-refractivity contribution in [3.8, 4) is 34.8 Å². The van der Waals surface area contributed by atoms with Crippen LogP contribution in [-0.2, 0) is 18.2 Å². The molecule has 3 aliphatic rings. The fourth-order valence-corrected chi connectivity index (χ4v) is 7.06. The highest BCUT2D eigenvalue weighted by atomic mass is 16.3. The molecule has 1 unspecified atom stereocenters. The third-order valence-corrected chi connectivity index (χ3v) is 9.76. The van der Waals surface area contributed by atoms with E-state index in [2.05, 4.69) is 91.2 Å². The molecule has 3 aromatic carbocycles. The highest BCUT2D eigenvalue weighted by Crippen LogP contribution is 2.47. The summed E-state index contributed by atoms with van der Waals surface area (Å²) in [5.41, 5.74) is 6.78. The summed E-state index contributed by atoms with van der Waals surface area (Å²) >= 11 is 0. The Hall–Kier alpha value is -5.32. The number of aliphatic hydroxyl groups is 2. The van der Waals surface area contributed by atoms with Gasteiger partial charge in [0.2, 0.25) is 0 Å². The smallest absolute Gasteiger partial charge is 0.178 e. The molecule has 1 aromatic heterocycles. The minimum absolute atomic E-state index is 0.500. The number of nitrogens with zero attached hydrogens (tertiary/aromatic N) is 1. The van der Waals surface area contributed by atoms with Gasteiger partial charge in [-0.2, -0.15) is 0 Å². The van der Waals surface area contributed by atoms with Crippen LogP contribution in [0, 0.1) is 29.1 Å². The molecule has 0 saturated heterocycles. The van der Waals surface area contributed by atoms with Gasteiger partial charge < -0.3 is 14.8 Å². The topological polar surface area (TPSA) is 45.4 Å². The van der Waals surface area contributed by atoms with E-state index in [0.29, 0.717) is 12.8 Å². The van der Waals surface area contributed by atoms with Gasteiger partial charge >= 0.3 is 0 Å². The minimum atomic E-state index is -1.42. The van der Waals surface area contributed by atoms with Gasteiger partial charge in [0.15, 0.2) is 11.2 Å². The number of allylic oxidation sites excluding steroid dienone is 6. The van der Waals surface area contributed by atoms with Crippen molar-refractivity contribution >= 4 is 23.8 Å². The van der Waals surface area contributed by atoms with Crippen LogP contribution >= 0.6 is 0 Å². The summed E-state index contributed by atoms with van der Waals surface area (Å²) in [6.45, 7) is 8.41. The first-order valence-electron chi connectivity index (χ1n) is 16.6. The van der Waals surface area contributed by atoms with Crippen molar-refractivity contribution in [2.45, 2.75) is 44.3 Å². The average Bonchev–Trinajstić information content (AvgIpc) is 3.42. The maximum atomic E-state index is 12.2. The largest absolute Gasteiger partial charge is 0.373 e. The SMILES string of the molecule is C=C1/C=C\CC[C@](O)(C#CC2(C)C=Cc3c(/C=C\CC)c(C#CC4(O)c5ccccc5-c5ccccc54)n(C)c3C=C2)c2ccccc21. The van der Waals surface area contributed by atoms with E-state index in [4.69, 9.17) is 0 Å². The number of hydrogen-bond donors (Lipinski definition) is 2. The fourth-order valence-electron chi connectivity index (χ4n) is 7.06. The van der Waals surface area contributed by atoms with Gasteiger partial charge in [0.05, 0.1) is 5.41 Å². The molecule has 0 saturated carbocycles. The minimum Gasteiger partial charge on any atom is -0.373 e. The van der Waals surface area contributed by atoms with Gasteiger partial charge in [-0.1, -0.05) is 147 Å². The summed E-state index contributed by atoms with van der Waals surface area (Å²) in [6, 6.07) is 23.8. The molecule has 0 amide bonds. The maximum absolute atomic E-state index is 12.2. The third-order valence-electron chi connectivity index (χ3n) is 9.76. The Morgan fingerprint density at radius 3 is 2.12 bits per heavy atom. The summed E-state index contributed by atoms with van der Waals surface area (Å²) < 4.78 is 2.10. The molecular weight excluding hydrogens is 587 g/mol. The van der Waals surface area contributed by atoms with E-state index in [9.17, 15) is 10.2 Å². The zero-order valence-corrected chi connectivity index (χ0v) is 27.7. The molecule has 0 radical (unpaired) electrons. The lowest BCUT2D eigenvalue weighted by Crippen LogP contribution is -2.26. The van der Waals surface area contributed by atoms with Gasteiger partial charge in [-0.25, -0.2) is 0 Å². The number of aromatic nitrogens is 1. The molecule has 0 aliphatic heterocycles. The second kappa shape index (κ2) is 12.0. The van der Waals surface area contributed by atoms with Crippen LogP contribution in [0.3, 0.4) is 0 Å². The van der Waals surface area contributed by atoms with Crippen molar-refractivity contribution < 1.29 is 10.2 Å². The van der Waals surface area contributed by atoms with Crippen LogP contribution in [0.25, 0.3) is 34.9 Å². The van der Waals surface area contributed by atoms with Crippen LogP contribution in [0.15, 0.2) is 110 Å². The molecule has 48 heavy (non-hydrogen) atoms. The van der Waals surface area contributed by atoms with E-state index in [-0.39, 0.29) is 0 Å². The van der Waals surface area contributed by atoms with Gasteiger partial charge in [-0.3, -0.25) is 0 Å². The van der Waals surface area contributed by atoms with E-state index >= 15 is 0 Å². The Balaban J connectivity index is 1.29. The average molecular weight is 626 g/mol. The molecule has 2 N–H and O–H groups in total. The fraction of sp³-hybridized carbons (Fsp3) is 0.200. The first-order chi connectivity index (χ1) is 23.2. The molecule has 236 valence electrons. The van der Waals surface area contributed by atoms with Crippen molar-refractivity contribution in [1.82, 2.24) is 4.57 Å². The summed E-state index contributed by atoms with van der Waals surface area (Å²) in [5, 5.41) is 24.1. The monoisotopic (exact) mass is 625 g/mol. The Morgan fingerprint density at radius 1 is 0.812 bits per heavy atom. The Bertz CT molecular complexity index is 2170.